The minimum Gasteiger partial charge on any atom is -0.471 e. The van der Waals surface area contributed by atoms with Crippen molar-refractivity contribution in [3.8, 4) is 5.75 Å². The van der Waals surface area contributed by atoms with Crippen LogP contribution >= 0.6 is 34.8 Å². The number of aryl methyl sites for hydroxylation is 1. The zero-order valence-electron chi connectivity index (χ0n) is 14.2. The molecule has 138 valence electrons. The molecule has 0 saturated carbocycles. The predicted octanol–water partition coefficient (Wildman–Crippen LogP) is 5.60. The monoisotopic (exact) mass is 421 g/mol. The Morgan fingerprint density at radius 1 is 1.00 bits per heavy atom. The van der Waals surface area contributed by atoms with Crippen molar-refractivity contribution in [2.75, 3.05) is 11.6 Å². The predicted molar refractivity (Wildman–Crippen MR) is 108 cm³/mol. The van der Waals surface area contributed by atoms with Crippen molar-refractivity contribution in [1.82, 2.24) is 0 Å². The Morgan fingerprint density at radius 2 is 1.81 bits per heavy atom. The molecule has 27 heavy (non-hydrogen) atoms. The minimum atomic E-state index is -0.266. The van der Waals surface area contributed by atoms with Gasteiger partial charge in [0, 0.05) is 10.9 Å². The van der Waals surface area contributed by atoms with Crippen LogP contribution in [0.1, 0.15) is 23.1 Å². The van der Waals surface area contributed by atoms with Crippen LogP contribution in [0.3, 0.4) is 0 Å². The molecule has 2 aromatic carbocycles. The second-order valence-corrected chi connectivity index (χ2v) is 7.98. The zero-order chi connectivity index (χ0) is 18.7. The molecular formula is C20H14Cl3NO3. The number of nitrogens with zero attached hydrogens (tertiary/aromatic N) is 1. The van der Waals surface area contributed by atoms with Gasteiger partial charge >= 0.3 is 5.63 Å². The van der Waals surface area contributed by atoms with E-state index in [1.54, 1.807) is 6.07 Å². The highest BCUT2D eigenvalue weighted by Crippen LogP contribution is 2.43. The minimum absolute atomic E-state index is 0.266. The maximum absolute atomic E-state index is 12.5. The van der Waals surface area contributed by atoms with Crippen LogP contribution < -0.4 is 15.3 Å². The summed E-state index contributed by atoms with van der Waals surface area (Å²) < 4.78 is 11.6. The van der Waals surface area contributed by atoms with Crippen LogP contribution in [-0.4, -0.2) is 6.73 Å². The molecule has 4 nitrogen and oxygen atoms in total. The number of hydrogen-bond acceptors (Lipinski definition) is 4. The third kappa shape index (κ3) is 2.62. The fourth-order valence-electron chi connectivity index (χ4n) is 4.00. The topological polar surface area (TPSA) is 42.7 Å². The van der Waals surface area contributed by atoms with Gasteiger partial charge < -0.3 is 14.1 Å². The van der Waals surface area contributed by atoms with Gasteiger partial charge in [-0.1, -0.05) is 40.9 Å². The number of fused-ring (bicyclic) bond motifs is 5. The Balaban J connectivity index is 1.70. The zero-order valence-corrected chi connectivity index (χ0v) is 16.4. The fraction of sp³-hybridized carbons (Fsp3) is 0.250. The van der Waals surface area contributed by atoms with Crippen molar-refractivity contribution in [2.45, 2.75) is 25.8 Å². The molecule has 2 heterocycles. The standard InChI is InChI=1S/C20H14Cl3NO3/c21-14-5-2-6-16(17(14)23)24-8-13-18-12(7-15(22)19(13)26-9-24)10-3-1-4-11(10)20(25)27-18/h2,5-7H,1,3-4,8-9H2. The smallest absolute Gasteiger partial charge is 0.339 e. The Labute approximate surface area is 170 Å². The van der Waals surface area contributed by atoms with E-state index in [0.29, 0.717) is 32.9 Å². The summed E-state index contributed by atoms with van der Waals surface area (Å²) in [7, 11) is 0. The van der Waals surface area contributed by atoms with Gasteiger partial charge in [0.2, 0.25) is 0 Å². The molecule has 1 aliphatic carbocycles. The molecule has 0 atom stereocenters. The second kappa shape index (κ2) is 6.33. The lowest BCUT2D eigenvalue weighted by Crippen LogP contribution is -2.32. The highest BCUT2D eigenvalue weighted by atomic mass is 35.5. The Kier molecular flexibility index (Phi) is 4.04. The molecule has 0 fully saturated rings. The van der Waals surface area contributed by atoms with Gasteiger partial charge in [0.25, 0.3) is 0 Å². The van der Waals surface area contributed by atoms with Gasteiger partial charge in [-0.05, 0) is 43.0 Å². The van der Waals surface area contributed by atoms with Gasteiger partial charge in [0.05, 0.1) is 32.9 Å². The Morgan fingerprint density at radius 3 is 2.67 bits per heavy atom. The summed E-state index contributed by atoms with van der Waals surface area (Å²) >= 11 is 19.0. The van der Waals surface area contributed by atoms with Gasteiger partial charge in [-0.25, -0.2) is 4.79 Å². The van der Waals surface area contributed by atoms with Gasteiger partial charge in [-0.15, -0.1) is 0 Å². The Hall–Kier alpha value is -1.88. The molecule has 7 heteroatoms. The summed E-state index contributed by atoms with van der Waals surface area (Å²) in [6.45, 7) is 0.724. The molecule has 0 radical (unpaired) electrons. The Bertz CT molecular complexity index is 1160. The molecule has 1 aliphatic heterocycles. The molecule has 0 bridgehead atoms. The summed E-state index contributed by atoms with van der Waals surface area (Å²) in [4.78, 5) is 14.4. The molecule has 1 aromatic heterocycles. The second-order valence-electron chi connectivity index (χ2n) is 6.79. The first-order valence-electron chi connectivity index (χ1n) is 8.66. The molecule has 5 rings (SSSR count). The maximum Gasteiger partial charge on any atom is 0.339 e. The molecule has 2 aliphatic rings. The fourth-order valence-corrected chi connectivity index (χ4v) is 4.69. The number of rotatable bonds is 1. The summed E-state index contributed by atoms with van der Waals surface area (Å²) in [5.41, 5.74) is 3.60. The van der Waals surface area contributed by atoms with Gasteiger partial charge in [0.15, 0.2) is 6.73 Å². The summed E-state index contributed by atoms with van der Waals surface area (Å²) in [5, 5.41) is 2.35. The van der Waals surface area contributed by atoms with Crippen LogP contribution in [0.25, 0.3) is 11.0 Å². The molecule has 0 amide bonds. The number of benzene rings is 2. The quantitative estimate of drug-likeness (QED) is 0.479. The first kappa shape index (κ1) is 17.2. The lowest BCUT2D eigenvalue weighted by molar-refractivity contribution is 0.289. The van der Waals surface area contributed by atoms with Crippen molar-refractivity contribution >= 4 is 51.5 Å². The molecule has 0 unspecified atom stereocenters. The highest BCUT2D eigenvalue weighted by molar-refractivity contribution is 6.43. The molecular weight excluding hydrogens is 409 g/mol. The molecule has 3 aromatic rings. The van der Waals surface area contributed by atoms with Crippen LogP contribution in [0.4, 0.5) is 5.69 Å². The van der Waals surface area contributed by atoms with E-state index in [0.717, 1.165) is 47.0 Å². The van der Waals surface area contributed by atoms with E-state index in [1.807, 2.05) is 23.1 Å². The summed E-state index contributed by atoms with van der Waals surface area (Å²) in [6.07, 6.45) is 2.56. The average Bonchev–Trinajstić information content (AvgIpc) is 3.16. The van der Waals surface area contributed by atoms with Gasteiger partial charge in [-0.2, -0.15) is 0 Å². The van der Waals surface area contributed by atoms with Crippen molar-refractivity contribution in [3.63, 3.8) is 0 Å². The third-order valence-electron chi connectivity index (χ3n) is 5.25. The SMILES string of the molecule is O=c1oc2c3c(c(Cl)cc2c2c1CCC2)OCN(c1cccc(Cl)c1Cl)C3. The van der Waals surface area contributed by atoms with Crippen LogP contribution in [0.15, 0.2) is 33.5 Å². The highest BCUT2D eigenvalue weighted by Gasteiger charge is 2.29. The average molecular weight is 423 g/mol. The van der Waals surface area contributed by atoms with Gasteiger partial charge in [0.1, 0.15) is 11.3 Å². The lowest BCUT2D eigenvalue weighted by Gasteiger charge is -2.32. The first-order chi connectivity index (χ1) is 13.0. The van der Waals surface area contributed by atoms with E-state index >= 15 is 0 Å². The lowest BCUT2D eigenvalue weighted by atomic mass is 10.0. The summed E-state index contributed by atoms with van der Waals surface area (Å²) in [5.74, 6) is 0.555. The number of anilines is 1. The molecule has 0 saturated heterocycles. The van der Waals surface area contributed by atoms with E-state index in [2.05, 4.69) is 0 Å². The van der Waals surface area contributed by atoms with Crippen molar-refractivity contribution < 1.29 is 9.15 Å². The van der Waals surface area contributed by atoms with Gasteiger partial charge in [-0.3, -0.25) is 0 Å². The van der Waals surface area contributed by atoms with E-state index in [4.69, 9.17) is 44.0 Å². The van der Waals surface area contributed by atoms with Crippen molar-refractivity contribution in [1.29, 1.82) is 0 Å². The van der Waals surface area contributed by atoms with Crippen molar-refractivity contribution in [2.24, 2.45) is 0 Å². The first-order valence-corrected chi connectivity index (χ1v) is 9.79. The number of hydrogen-bond donors (Lipinski definition) is 0. The normalized spacial score (nSPS) is 15.6. The third-order valence-corrected chi connectivity index (χ3v) is 6.34. The van der Waals surface area contributed by atoms with Crippen LogP contribution in [0, 0.1) is 0 Å². The molecule has 0 spiro atoms. The van der Waals surface area contributed by atoms with E-state index in [9.17, 15) is 4.79 Å². The molecule has 0 N–H and O–H groups in total. The number of ether oxygens (including phenoxy) is 1. The number of halogens is 3. The summed E-state index contributed by atoms with van der Waals surface area (Å²) in [6, 6.07) is 7.30. The van der Waals surface area contributed by atoms with E-state index in [1.165, 1.54) is 0 Å². The largest absolute Gasteiger partial charge is 0.471 e. The van der Waals surface area contributed by atoms with Crippen LogP contribution in [0.2, 0.25) is 15.1 Å². The van der Waals surface area contributed by atoms with Crippen molar-refractivity contribution in [3.05, 3.63) is 66.4 Å². The van der Waals surface area contributed by atoms with E-state index < -0.39 is 0 Å². The van der Waals surface area contributed by atoms with Crippen LogP contribution in [0.5, 0.6) is 5.75 Å². The van der Waals surface area contributed by atoms with Crippen LogP contribution in [-0.2, 0) is 19.4 Å². The van der Waals surface area contributed by atoms with E-state index in [-0.39, 0.29) is 12.4 Å². The maximum atomic E-state index is 12.5.